The van der Waals surface area contributed by atoms with Gasteiger partial charge in [-0.25, -0.2) is 0 Å². The van der Waals surface area contributed by atoms with Gasteiger partial charge in [0.2, 0.25) is 5.91 Å². The summed E-state index contributed by atoms with van der Waals surface area (Å²) in [5.74, 6) is 0.421. The molecule has 0 atom stereocenters. The normalized spacial score (nSPS) is 16.3. The lowest BCUT2D eigenvalue weighted by Crippen LogP contribution is -2.54. The summed E-state index contributed by atoms with van der Waals surface area (Å²) in [6, 6.07) is 7.37. The molecule has 0 aliphatic heterocycles. The molecule has 132 valence electrons. The minimum Gasteiger partial charge on any atom is -0.484 e. The van der Waals surface area contributed by atoms with Gasteiger partial charge in [-0.3, -0.25) is 9.59 Å². The van der Waals surface area contributed by atoms with E-state index in [9.17, 15) is 9.59 Å². The van der Waals surface area contributed by atoms with Crippen molar-refractivity contribution >= 4 is 11.8 Å². The summed E-state index contributed by atoms with van der Waals surface area (Å²) in [5, 5.41) is 2.92. The van der Waals surface area contributed by atoms with E-state index in [2.05, 4.69) is 5.32 Å². The monoisotopic (exact) mass is 333 g/mol. The van der Waals surface area contributed by atoms with Gasteiger partial charge in [0.15, 0.2) is 6.61 Å². The second-order valence-electron chi connectivity index (χ2n) is 6.62. The van der Waals surface area contributed by atoms with E-state index in [1.54, 1.807) is 20.2 Å². The highest BCUT2D eigenvalue weighted by Gasteiger charge is 2.34. The Morgan fingerprint density at radius 3 is 2.62 bits per heavy atom. The van der Waals surface area contributed by atoms with Crippen LogP contribution in [-0.4, -0.2) is 43.0 Å². The fourth-order valence-corrected chi connectivity index (χ4v) is 2.79. The maximum atomic E-state index is 12.4. The maximum absolute atomic E-state index is 12.4. The third-order valence-electron chi connectivity index (χ3n) is 4.41. The molecule has 0 saturated heterocycles. The van der Waals surface area contributed by atoms with Crippen molar-refractivity contribution < 1.29 is 14.3 Å². The van der Waals surface area contributed by atoms with Gasteiger partial charge in [0.1, 0.15) is 5.75 Å². The lowest BCUT2D eigenvalue weighted by molar-refractivity contribution is -0.130. The molecule has 1 aromatic rings. The zero-order valence-electron chi connectivity index (χ0n) is 14.5. The van der Waals surface area contributed by atoms with Crippen molar-refractivity contribution in [3.8, 4) is 5.75 Å². The van der Waals surface area contributed by atoms with Gasteiger partial charge >= 0.3 is 0 Å². The van der Waals surface area contributed by atoms with Crippen LogP contribution < -0.4 is 15.8 Å². The van der Waals surface area contributed by atoms with Gasteiger partial charge in [0.25, 0.3) is 5.91 Å². The van der Waals surface area contributed by atoms with Crippen molar-refractivity contribution in [3.63, 3.8) is 0 Å². The fraction of sp³-hybridized carbons (Fsp3) is 0.556. The molecule has 24 heavy (non-hydrogen) atoms. The summed E-state index contributed by atoms with van der Waals surface area (Å²) in [4.78, 5) is 25.4. The molecular weight excluding hydrogens is 306 g/mol. The molecule has 0 unspecified atom stereocenters. The minimum atomic E-state index is -0.732. The Morgan fingerprint density at radius 2 is 1.96 bits per heavy atom. The minimum absolute atomic E-state index is 0.00523. The standard InChI is InChI=1S/C18H27N3O3/c1-21(2)16(22)13-24-15-8-6-7-14(11-15)12-20-17(23)18(19)9-4-3-5-10-18/h6-8,11H,3-5,9-10,12-13,19H2,1-2H3,(H,20,23). The fourth-order valence-electron chi connectivity index (χ4n) is 2.79. The van der Waals surface area contributed by atoms with Crippen LogP contribution in [0.5, 0.6) is 5.75 Å². The number of nitrogens with one attached hydrogen (secondary N) is 1. The Hall–Kier alpha value is -2.08. The molecule has 1 saturated carbocycles. The van der Waals surface area contributed by atoms with Crippen molar-refractivity contribution in [2.75, 3.05) is 20.7 Å². The Morgan fingerprint density at radius 1 is 1.25 bits per heavy atom. The molecule has 6 heteroatoms. The number of nitrogens with two attached hydrogens (primary N) is 1. The Labute approximate surface area is 143 Å². The lowest BCUT2D eigenvalue weighted by atomic mass is 9.82. The first-order valence-corrected chi connectivity index (χ1v) is 8.40. The smallest absolute Gasteiger partial charge is 0.259 e. The van der Waals surface area contributed by atoms with Gasteiger partial charge in [-0.15, -0.1) is 0 Å². The van der Waals surface area contributed by atoms with E-state index in [1.165, 1.54) is 4.90 Å². The predicted molar refractivity (Wildman–Crippen MR) is 92.5 cm³/mol. The number of ether oxygens (including phenoxy) is 1. The second-order valence-corrected chi connectivity index (χ2v) is 6.62. The highest BCUT2D eigenvalue weighted by molar-refractivity contribution is 5.86. The number of nitrogens with zero attached hydrogens (tertiary/aromatic N) is 1. The van der Waals surface area contributed by atoms with Gasteiger partial charge < -0.3 is 20.7 Å². The summed E-state index contributed by atoms with van der Waals surface area (Å²) in [6.07, 6.45) is 4.65. The first-order chi connectivity index (χ1) is 11.4. The number of benzene rings is 1. The first kappa shape index (κ1) is 18.3. The predicted octanol–water partition coefficient (Wildman–Crippen LogP) is 1.43. The number of amides is 2. The average Bonchev–Trinajstić information content (AvgIpc) is 2.58. The van der Waals surface area contributed by atoms with Crippen LogP contribution >= 0.6 is 0 Å². The van der Waals surface area contributed by atoms with Crippen LogP contribution in [0.2, 0.25) is 0 Å². The third-order valence-corrected chi connectivity index (χ3v) is 4.41. The molecule has 1 aliphatic rings. The summed E-state index contributed by atoms with van der Waals surface area (Å²) in [5.41, 5.74) is 6.41. The van der Waals surface area contributed by atoms with Crippen LogP contribution in [0.25, 0.3) is 0 Å². The molecule has 2 rings (SSSR count). The molecule has 6 nitrogen and oxygen atoms in total. The van der Waals surface area contributed by atoms with Crippen molar-refractivity contribution in [1.82, 2.24) is 10.2 Å². The van der Waals surface area contributed by atoms with E-state index in [0.29, 0.717) is 12.3 Å². The summed E-state index contributed by atoms with van der Waals surface area (Å²) in [6.45, 7) is 0.394. The summed E-state index contributed by atoms with van der Waals surface area (Å²) < 4.78 is 5.48. The van der Waals surface area contributed by atoms with Gasteiger partial charge in [-0.2, -0.15) is 0 Å². The Kier molecular flexibility index (Phi) is 6.20. The summed E-state index contributed by atoms with van der Waals surface area (Å²) in [7, 11) is 3.37. The molecule has 1 fully saturated rings. The zero-order chi connectivity index (χ0) is 17.6. The van der Waals surface area contributed by atoms with Crippen LogP contribution in [0.15, 0.2) is 24.3 Å². The quantitative estimate of drug-likeness (QED) is 0.825. The van der Waals surface area contributed by atoms with Crippen LogP contribution in [0.3, 0.4) is 0 Å². The molecule has 0 spiro atoms. The van der Waals surface area contributed by atoms with Crippen LogP contribution in [-0.2, 0) is 16.1 Å². The van der Waals surface area contributed by atoms with Crippen molar-refractivity contribution in [1.29, 1.82) is 0 Å². The largest absolute Gasteiger partial charge is 0.484 e. The molecule has 3 N–H and O–H groups in total. The van der Waals surface area contributed by atoms with E-state index < -0.39 is 5.54 Å². The highest BCUT2D eigenvalue weighted by Crippen LogP contribution is 2.26. The van der Waals surface area contributed by atoms with Crippen molar-refractivity contribution in [2.24, 2.45) is 5.73 Å². The molecule has 1 aromatic carbocycles. The van der Waals surface area contributed by atoms with Gasteiger partial charge in [0.05, 0.1) is 5.54 Å². The molecule has 0 bridgehead atoms. The average molecular weight is 333 g/mol. The van der Waals surface area contributed by atoms with Crippen LogP contribution in [0, 0.1) is 0 Å². The maximum Gasteiger partial charge on any atom is 0.259 e. The van der Waals surface area contributed by atoms with E-state index in [0.717, 1.165) is 37.7 Å². The SMILES string of the molecule is CN(C)C(=O)COc1cccc(CNC(=O)C2(N)CCCCC2)c1. The lowest BCUT2D eigenvalue weighted by Gasteiger charge is -2.31. The number of likely N-dealkylation sites (N-methyl/N-ethyl adjacent to an activating group) is 1. The number of carbonyl (C=O) groups is 2. The molecule has 0 radical (unpaired) electrons. The molecule has 2 amide bonds. The van der Waals surface area contributed by atoms with Gasteiger partial charge in [-0.05, 0) is 30.5 Å². The van der Waals surface area contributed by atoms with Gasteiger partial charge in [0, 0.05) is 20.6 Å². The Bertz CT molecular complexity index is 581. The highest BCUT2D eigenvalue weighted by atomic mass is 16.5. The van der Waals surface area contributed by atoms with Crippen molar-refractivity contribution in [2.45, 2.75) is 44.2 Å². The van der Waals surface area contributed by atoms with Crippen LogP contribution in [0.1, 0.15) is 37.7 Å². The zero-order valence-corrected chi connectivity index (χ0v) is 14.5. The first-order valence-electron chi connectivity index (χ1n) is 8.40. The third kappa shape index (κ3) is 4.96. The molecule has 0 aromatic heterocycles. The van der Waals surface area contributed by atoms with E-state index in [1.807, 2.05) is 18.2 Å². The molecular formula is C18H27N3O3. The van der Waals surface area contributed by atoms with Crippen molar-refractivity contribution in [3.05, 3.63) is 29.8 Å². The second kappa shape index (κ2) is 8.15. The topological polar surface area (TPSA) is 84.7 Å². The number of hydrogen-bond acceptors (Lipinski definition) is 4. The number of hydrogen-bond donors (Lipinski definition) is 2. The van der Waals surface area contributed by atoms with E-state index in [4.69, 9.17) is 10.5 Å². The molecule has 0 heterocycles. The van der Waals surface area contributed by atoms with Gasteiger partial charge in [-0.1, -0.05) is 31.4 Å². The Balaban J connectivity index is 1.87. The molecule has 1 aliphatic carbocycles. The van der Waals surface area contributed by atoms with E-state index in [-0.39, 0.29) is 18.4 Å². The number of carbonyl (C=O) groups excluding carboxylic acids is 2. The number of rotatable bonds is 6. The van der Waals surface area contributed by atoms with Crippen LogP contribution in [0.4, 0.5) is 0 Å². The van der Waals surface area contributed by atoms with E-state index >= 15 is 0 Å². The summed E-state index contributed by atoms with van der Waals surface area (Å²) >= 11 is 0.